The average molecular weight is 334 g/mol. The molecule has 0 spiro atoms. The van der Waals surface area contributed by atoms with Crippen molar-refractivity contribution >= 4 is 11.9 Å². The van der Waals surface area contributed by atoms with E-state index in [2.05, 4.69) is 29.2 Å². The van der Waals surface area contributed by atoms with Gasteiger partial charge >= 0.3 is 0 Å². The van der Waals surface area contributed by atoms with Crippen LogP contribution in [0.2, 0.25) is 0 Å². The van der Waals surface area contributed by atoms with Gasteiger partial charge in [0.05, 0.1) is 12.2 Å². The van der Waals surface area contributed by atoms with Crippen LogP contribution in [-0.2, 0) is 18.4 Å². The topological polar surface area (TPSA) is 88.5 Å². The number of nitrogens with two attached hydrogens (primary N) is 1. The maximum absolute atomic E-state index is 11.2. The summed E-state index contributed by atoms with van der Waals surface area (Å²) >= 11 is 0. The SMILES string of the molecule is CCNC(=NCc1c(C)nn(C)c1C)N1CCCC(CC(N)=O)C1. The molecule has 0 aromatic carbocycles. The van der Waals surface area contributed by atoms with Crippen molar-refractivity contribution < 1.29 is 4.79 Å². The molecule has 1 aromatic heterocycles. The normalized spacial score (nSPS) is 18.8. The third-order valence-electron chi connectivity index (χ3n) is 4.69. The second kappa shape index (κ2) is 8.17. The van der Waals surface area contributed by atoms with Crippen molar-refractivity contribution in [3.63, 3.8) is 0 Å². The number of hydrogen-bond acceptors (Lipinski definition) is 3. The minimum absolute atomic E-state index is 0.217. The molecule has 7 nitrogen and oxygen atoms in total. The number of aromatic nitrogens is 2. The summed E-state index contributed by atoms with van der Waals surface area (Å²) in [5.74, 6) is 1.02. The maximum atomic E-state index is 11.2. The van der Waals surface area contributed by atoms with Crippen molar-refractivity contribution in [2.45, 2.75) is 46.6 Å². The van der Waals surface area contributed by atoms with Gasteiger partial charge in [-0.1, -0.05) is 0 Å². The minimum Gasteiger partial charge on any atom is -0.370 e. The lowest BCUT2D eigenvalue weighted by Gasteiger charge is -2.34. The van der Waals surface area contributed by atoms with Gasteiger partial charge < -0.3 is 16.0 Å². The maximum Gasteiger partial charge on any atom is 0.217 e. The minimum atomic E-state index is -0.217. The predicted octanol–water partition coefficient (Wildman–Crippen LogP) is 1.09. The van der Waals surface area contributed by atoms with Crippen LogP contribution in [0.5, 0.6) is 0 Å². The molecule has 1 aromatic rings. The number of aryl methyl sites for hydroxylation is 2. The largest absolute Gasteiger partial charge is 0.370 e. The lowest BCUT2D eigenvalue weighted by atomic mass is 9.95. The van der Waals surface area contributed by atoms with Crippen molar-refractivity contribution in [3.05, 3.63) is 17.0 Å². The van der Waals surface area contributed by atoms with Crippen LogP contribution in [0.3, 0.4) is 0 Å². The highest BCUT2D eigenvalue weighted by Gasteiger charge is 2.23. The summed E-state index contributed by atoms with van der Waals surface area (Å²) in [4.78, 5) is 18.3. The standard InChI is InChI=1S/C17H30N6O/c1-5-19-17(20-10-15-12(2)21-22(4)13(15)3)23-8-6-7-14(11-23)9-16(18)24/h14H,5-11H2,1-4H3,(H2,18,24)(H,19,20). The molecule has 1 saturated heterocycles. The number of guanidine groups is 1. The number of likely N-dealkylation sites (tertiary alicyclic amines) is 1. The number of amides is 1. The molecule has 1 fully saturated rings. The van der Waals surface area contributed by atoms with Gasteiger partial charge in [0.15, 0.2) is 5.96 Å². The van der Waals surface area contributed by atoms with E-state index in [0.717, 1.165) is 49.8 Å². The van der Waals surface area contributed by atoms with E-state index in [4.69, 9.17) is 10.7 Å². The first-order valence-corrected chi connectivity index (χ1v) is 8.73. The number of nitrogens with one attached hydrogen (secondary N) is 1. The summed E-state index contributed by atoms with van der Waals surface area (Å²) in [7, 11) is 1.96. The van der Waals surface area contributed by atoms with Gasteiger partial charge in [0.1, 0.15) is 0 Å². The number of nitrogens with zero attached hydrogens (tertiary/aromatic N) is 4. The summed E-state index contributed by atoms with van der Waals surface area (Å²) in [5.41, 5.74) is 8.72. The molecule has 3 N–H and O–H groups in total. The van der Waals surface area contributed by atoms with Crippen LogP contribution in [0.4, 0.5) is 0 Å². The van der Waals surface area contributed by atoms with Crippen LogP contribution in [0, 0.1) is 19.8 Å². The van der Waals surface area contributed by atoms with E-state index < -0.39 is 0 Å². The monoisotopic (exact) mass is 334 g/mol. The van der Waals surface area contributed by atoms with Crippen LogP contribution in [0.15, 0.2) is 4.99 Å². The van der Waals surface area contributed by atoms with Crippen LogP contribution < -0.4 is 11.1 Å². The van der Waals surface area contributed by atoms with Crippen molar-refractivity contribution in [1.29, 1.82) is 0 Å². The molecular formula is C17H30N6O. The number of hydrogen-bond donors (Lipinski definition) is 2. The lowest BCUT2D eigenvalue weighted by molar-refractivity contribution is -0.119. The van der Waals surface area contributed by atoms with Crippen molar-refractivity contribution in [3.8, 4) is 0 Å². The fraction of sp³-hybridized carbons (Fsp3) is 0.706. The molecule has 2 heterocycles. The highest BCUT2D eigenvalue weighted by atomic mass is 16.1. The van der Waals surface area contributed by atoms with Crippen LogP contribution in [0.1, 0.15) is 43.1 Å². The van der Waals surface area contributed by atoms with Gasteiger partial charge in [0.25, 0.3) is 0 Å². The Bertz CT molecular complexity index is 606. The summed E-state index contributed by atoms with van der Waals surface area (Å²) in [6.45, 7) is 9.40. The highest BCUT2D eigenvalue weighted by Crippen LogP contribution is 2.20. The van der Waals surface area contributed by atoms with Gasteiger partial charge in [-0.2, -0.15) is 5.10 Å². The van der Waals surface area contributed by atoms with E-state index in [1.807, 2.05) is 18.7 Å². The third-order valence-corrected chi connectivity index (χ3v) is 4.69. The first-order valence-electron chi connectivity index (χ1n) is 8.73. The van der Waals surface area contributed by atoms with Crippen LogP contribution in [0.25, 0.3) is 0 Å². The van der Waals surface area contributed by atoms with Crippen molar-refractivity contribution in [2.75, 3.05) is 19.6 Å². The zero-order chi connectivity index (χ0) is 17.7. The molecule has 134 valence electrons. The number of aliphatic imine (C=N–C) groups is 1. The first kappa shape index (κ1) is 18.3. The molecule has 1 unspecified atom stereocenters. The molecule has 1 aliphatic heterocycles. The van der Waals surface area contributed by atoms with E-state index in [9.17, 15) is 4.79 Å². The van der Waals surface area contributed by atoms with Gasteiger partial charge in [-0.25, -0.2) is 4.99 Å². The number of primary amides is 1. The van der Waals surface area contributed by atoms with Crippen LogP contribution >= 0.6 is 0 Å². The van der Waals surface area contributed by atoms with Gasteiger partial charge in [-0.15, -0.1) is 0 Å². The second-order valence-electron chi connectivity index (χ2n) is 6.57. The molecule has 7 heteroatoms. The molecule has 0 radical (unpaired) electrons. The fourth-order valence-corrected chi connectivity index (χ4v) is 3.33. The second-order valence-corrected chi connectivity index (χ2v) is 6.57. The van der Waals surface area contributed by atoms with E-state index in [0.29, 0.717) is 18.9 Å². The summed E-state index contributed by atoms with van der Waals surface area (Å²) < 4.78 is 1.90. The number of carbonyl (C=O) groups is 1. The predicted molar refractivity (Wildman–Crippen MR) is 95.6 cm³/mol. The molecule has 0 bridgehead atoms. The Morgan fingerprint density at radius 3 is 2.79 bits per heavy atom. The van der Waals surface area contributed by atoms with E-state index in [-0.39, 0.29) is 5.91 Å². The molecule has 0 saturated carbocycles. The van der Waals surface area contributed by atoms with Gasteiger partial charge in [0.2, 0.25) is 5.91 Å². The van der Waals surface area contributed by atoms with Gasteiger partial charge in [0, 0.05) is 44.4 Å². The molecule has 1 atom stereocenters. The Balaban J connectivity index is 2.11. The zero-order valence-electron chi connectivity index (χ0n) is 15.3. The molecule has 1 aliphatic rings. The number of carbonyl (C=O) groups excluding carboxylic acids is 1. The average Bonchev–Trinajstić information content (AvgIpc) is 2.76. The number of rotatable bonds is 5. The molecule has 1 amide bonds. The Labute approximate surface area is 144 Å². The van der Waals surface area contributed by atoms with E-state index in [1.54, 1.807) is 0 Å². The molecule has 2 rings (SSSR count). The zero-order valence-corrected chi connectivity index (χ0v) is 15.3. The third kappa shape index (κ3) is 4.49. The van der Waals surface area contributed by atoms with Gasteiger partial charge in [-0.3, -0.25) is 9.48 Å². The summed E-state index contributed by atoms with van der Waals surface area (Å²) in [6.07, 6.45) is 2.57. The summed E-state index contributed by atoms with van der Waals surface area (Å²) in [6, 6.07) is 0. The lowest BCUT2D eigenvalue weighted by Crippen LogP contribution is -2.47. The van der Waals surface area contributed by atoms with E-state index >= 15 is 0 Å². The van der Waals surface area contributed by atoms with Crippen LogP contribution in [-0.4, -0.2) is 46.2 Å². The number of piperidine rings is 1. The van der Waals surface area contributed by atoms with E-state index in [1.165, 1.54) is 5.56 Å². The molecule has 0 aliphatic carbocycles. The smallest absolute Gasteiger partial charge is 0.217 e. The first-order chi connectivity index (χ1) is 11.4. The Hall–Kier alpha value is -2.05. The summed E-state index contributed by atoms with van der Waals surface area (Å²) in [5, 5.41) is 7.83. The Morgan fingerprint density at radius 2 is 2.21 bits per heavy atom. The van der Waals surface area contributed by atoms with Crippen molar-refractivity contribution in [1.82, 2.24) is 20.0 Å². The molecular weight excluding hydrogens is 304 g/mol. The quantitative estimate of drug-likeness (QED) is 0.623. The Kier molecular flexibility index (Phi) is 6.23. The fourth-order valence-electron chi connectivity index (χ4n) is 3.33. The van der Waals surface area contributed by atoms with Crippen molar-refractivity contribution in [2.24, 2.45) is 23.7 Å². The van der Waals surface area contributed by atoms with Gasteiger partial charge in [-0.05, 0) is 39.5 Å². The Morgan fingerprint density at radius 1 is 1.46 bits per heavy atom. The highest BCUT2D eigenvalue weighted by molar-refractivity contribution is 5.80. The molecule has 24 heavy (non-hydrogen) atoms.